The zero-order chi connectivity index (χ0) is 22.8. The van der Waals surface area contributed by atoms with Crippen LogP contribution in [0, 0.1) is 17.1 Å². The number of hydrogen-bond acceptors (Lipinski definition) is 8. The van der Waals surface area contributed by atoms with E-state index in [9.17, 15) is 24.7 Å². The molecule has 0 saturated heterocycles. The fourth-order valence-corrected chi connectivity index (χ4v) is 4.11. The molecule has 10 heteroatoms. The summed E-state index contributed by atoms with van der Waals surface area (Å²) in [5, 5.41) is 32.7. The molecule has 0 bridgehead atoms. The van der Waals surface area contributed by atoms with Crippen molar-refractivity contribution >= 4 is 17.4 Å². The van der Waals surface area contributed by atoms with E-state index < -0.39 is 30.0 Å². The van der Waals surface area contributed by atoms with E-state index in [4.69, 9.17) is 0 Å². The van der Waals surface area contributed by atoms with Crippen LogP contribution in [0.1, 0.15) is 41.6 Å². The minimum Gasteiger partial charge on any atom is -0.390 e. The standard InChI is InChI=1S/C22H23FN6O3/c1-29(10-13-7-14(23)6-5-12(13)8-24)22(32)19-18-16(9-25-19)26-11-27-21(18)28-15-3-2-4-17(30)20(15)31/h5-7,11,15,17,20,30-31H,2-4,9-10H2,1H3,(H,26,27,28)/t15-,17-,20+/m1/s1. The smallest absolute Gasteiger partial charge is 0.272 e. The highest BCUT2D eigenvalue weighted by Crippen LogP contribution is 2.28. The van der Waals surface area contributed by atoms with E-state index >= 15 is 0 Å². The van der Waals surface area contributed by atoms with Crippen molar-refractivity contribution in [2.45, 2.75) is 50.6 Å². The van der Waals surface area contributed by atoms with Crippen LogP contribution < -0.4 is 5.32 Å². The van der Waals surface area contributed by atoms with E-state index in [1.807, 2.05) is 6.07 Å². The maximum absolute atomic E-state index is 13.7. The zero-order valence-electron chi connectivity index (χ0n) is 17.5. The van der Waals surface area contributed by atoms with E-state index in [2.05, 4.69) is 20.3 Å². The molecule has 3 atom stereocenters. The largest absolute Gasteiger partial charge is 0.390 e. The Morgan fingerprint density at radius 3 is 2.94 bits per heavy atom. The summed E-state index contributed by atoms with van der Waals surface area (Å²) in [4.78, 5) is 27.4. The number of amides is 1. The first-order valence-corrected chi connectivity index (χ1v) is 10.3. The van der Waals surface area contributed by atoms with Crippen molar-refractivity contribution in [1.29, 1.82) is 5.26 Å². The molecular formula is C22H23FN6O3. The monoisotopic (exact) mass is 438 g/mol. The number of aromatic nitrogens is 2. The second-order valence-electron chi connectivity index (χ2n) is 8.02. The number of hydrogen-bond donors (Lipinski definition) is 3. The number of aliphatic hydroxyl groups is 2. The second-order valence-corrected chi connectivity index (χ2v) is 8.02. The molecule has 1 aromatic carbocycles. The summed E-state index contributed by atoms with van der Waals surface area (Å²) >= 11 is 0. The number of carbonyl (C=O) groups excluding carboxylic acids is 1. The van der Waals surface area contributed by atoms with Crippen LogP contribution in [0.5, 0.6) is 0 Å². The van der Waals surface area contributed by atoms with Gasteiger partial charge in [-0.05, 0) is 43.0 Å². The van der Waals surface area contributed by atoms with Gasteiger partial charge < -0.3 is 20.4 Å². The number of nitrogens with one attached hydrogen (secondary N) is 1. The maximum Gasteiger partial charge on any atom is 0.272 e. The molecule has 32 heavy (non-hydrogen) atoms. The first-order valence-electron chi connectivity index (χ1n) is 10.3. The molecule has 1 fully saturated rings. The Morgan fingerprint density at radius 1 is 1.34 bits per heavy atom. The SMILES string of the molecule is CN(Cc1cc(F)ccc1C#N)C(=O)C1=NCc2ncnc(N[C@@H]3CCC[C@@H](O)[C@H]3O)c21. The molecule has 0 radical (unpaired) electrons. The fraction of sp³-hybridized carbons (Fsp3) is 0.409. The number of carbonyl (C=O) groups is 1. The Kier molecular flexibility index (Phi) is 6.12. The molecule has 0 unspecified atom stereocenters. The molecule has 1 aliphatic heterocycles. The Morgan fingerprint density at radius 2 is 2.16 bits per heavy atom. The molecule has 2 aromatic rings. The van der Waals surface area contributed by atoms with Gasteiger partial charge in [0.25, 0.3) is 5.91 Å². The lowest BCUT2D eigenvalue weighted by Crippen LogP contribution is -2.45. The van der Waals surface area contributed by atoms with Crippen LogP contribution in [0.2, 0.25) is 0 Å². The average molecular weight is 438 g/mol. The van der Waals surface area contributed by atoms with Crippen LogP contribution in [0.4, 0.5) is 10.2 Å². The predicted molar refractivity (Wildman–Crippen MR) is 113 cm³/mol. The molecule has 166 valence electrons. The summed E-state index contributed by atoms with van der Waals surface area (Å²) in [5.74, 6) is -0.537. The van der Waals surface area contributed by atoms with Crippen molar-refractivity contribution in [1.82, 2.24) is 14.9 Å². The first-order chi connectivity index (χ1) is 15.4. The van der Waals surface area contributed by atoms with Gasteiger partial charge in [-0.25, -0.2) is 14.4 Å². The molecule has 3 N–H and O–H groups in total. The highest BCUT2D eigenvalue weighted by Gasteiger charge is 2.34. The van der Waals surface area contributed by atoms with Gasteiger partial charge in [0, 0.05) is 13.6 Å². The number of nitriles is 1. The highest BCUT2D eigenvalue weighted by atomic mass is 19.1. The van der Waals surface area contributed by atoms with Crippen molar-refractivity contribution in [3.8, 4) is 6.07 Å². The molecule has 0 spiro atoms. The van der Waals surface area contributed by atoms with Crippen LogP contribution in [0.15, 0.2) is 29.5 Å². The van der Waals surface area contributed by atoms with Gasteiger partial charge in [-0.3, -0.25) is 9.79 Å². The number of aliphatic hydroxyl groups excluding tert-OH is 2. The molecule has 1 aromatic heterocycles. The molecule has 1 aliphatic carbocycles. The topological polar surface area (TPSA) is 135 Å². The van der Waals surface area contributed by atoms with Gasteiger partial charge in [0.05, 0.1) is 47.7 Å². The normalized spacial score (nSPS) is 22.0. The first kappa shape index (κ1) is 21.8. The third kappa shape index (κ3) is 4.17. The number of fused-ring (bicyclic) bond motifs is 1. The van der Waals surface area contributed by atoms with Gasteiger partial charge in [-0.2, -0.15) is 5.26 Å². The van der Waals surface area contributed by atoms with Gasteiger partial charge in [0.15, 0.2) is 0 Å². The number of likely N-dealkylation sites (N-methyl/N-ethyl adjacent to an activating group) is 1. The van der Waals surface area contributed by atoms with Crippen molar-refractivity contribution in [3.63, 3.8) is 0 Å². The summed E-state index contributed by atoms with van der Waals surface area (Å²) < 4.78 is 13.7. The average Bonchev–Trinajstić information content (AvgIpc) is 3.21. The summed E-state index contributed by atoms with van der Waals surface area (Å²) in [5.41, 5.74) is 1.87. The molecule has 2 aliphatic rings. The summed E-state index contributed by atoms with van der Waals surface area (Å²) in [6, 6.07) is 5.40. The third-order valence-corrected chi connectivity index (χ3v) is 5.84. The second kappa shape index (κ2) is 8.98. The quantitative estimate of drug-likeness (QED) is 0.637. The van der Waals surface area contributed by atoms with Crippen molar-refractivity contribution in [2.75, 3.05) is 12.4 Å². The number of rotatable bonds is 5. The van der Waals surface area contributed by atoms with E-state index in [1.54, 1.807) is 7.05 Å². The Hall–Kier alpha value is -3.42. The molecule has 1 amide bonds. The summed E-state index contributed by atoms with van der Waals surface area (Å²) in [6.45, 7) is 0.235. The van der Waals surface area contributed by atoms with E-state index in [-0.39, 0.29) is 24.4 Å². The number of nitrogens with zero attached hydrogens (tertiary/aromatic N) is 5. The Labute approximate surface area is 184 Å². The van der Waals surface area contributed by atoms with Crippen LogP contribution in [0.25, 0.3) is 0 Å². The van der Waals surface area contributed by atoms with E-state index in [1.165, 1.54) is 29.4 Å². The van der Waals surface area contributed by atoms with E-state index in [0.29, 0.717) is 35.5 Å². The van der Waals surface area contributed by atoms with Crippen LogP contribution >= 0.6 is 0 Å². The number of aliphatic imine (C=N–C) groups is 1. The van der Waals surface area contributed by atoms with Crippen LogP contribution in [-0.4, -0.2) is 62.0 Å². The zero-order valence-corrected chi connectivity index (χ0v) is 17.5. The lowest BCUT2D eigenvalue weighted by molar-refractivity contribution is -0.123. The van der Waals surface area contributed by atoms with Gasteiger partial charge >= 0.3 is 0 Å². The third-order valence-electron chi connectivity index (χ3n) is 5.84. The number of benzene rings is 1. The minimum atomic E-state index is -0.952. The fourth-order valence-electron chi connectivity index (χ4n) is 4.11. The van der Waals surface area contributed by atoms with Gasteiger partial charge in [-0.15, -0.1) is 0 Å². The molecule has 9 nitrogen and oxygen atoms in total. The maximum atomic E-state index is 13.7. The van der Waals surface area contributed by atoms with Crippen molar-refractivity contribution in [2.24, 2.45) is 4.99 Å². The molecular weight excluding hydrogens is 415 g/mol. The number of anilines is 1. The summed E-state index contributed by atoms with van der Waals surface area (Å²) in [6.07, 6.45) is 1.52. The van der Waals surface area contributed by atoms with Gasteiger partial charge in [-0.1, -0.05) is 0 Å². The lowest BCUT2D eigenvalue weighted by atomic mass is 9.90. The highest BCUT2D eigenvalue weighted by molar-refractivity contribution is 6.47. The van der Waals surface area contributed by atoms with Crippen LogP contribution in [0.3, 0.4) is 0 Å². The lowest BCUT2D eigenvalue weighted by Gasteiger charge is -2.33. The van der Waals surface area contributed by atoms with Gasteiger partial charge in [0.1, 0.15) is 23.7 Å². The van der Waals surface area contributed by atoms with Gasteiger partial charge in [0.2, 0.25) is 0 Å². The Balaban J connectivity index is 1.57. The van der Waals surface area contributed by atoms with E-state index in [0.717, 1.165) is 6.42 Å². The molecule has 1 saturated carbocycles. The number of halogens is 1. The predicted octanol–water partition coefficient (Wildman–Crippen LogP) is 1.13. The summed E-state index contributed by atoms with van der Waals surface area (Å²) in [7, 11) is 1.55. The molecule has 4 rings (SSSR count). The Bertz CT molecular complexity index is 1120. The molecule has 2 heterocycles. The van der Waals surface area contributed by atoms with Crippen LogP contribution in [-0.2, 0) is 17.9 Å². The minimum absolute atomic E-state index is 0.0256. The van der Waals surface area contributed by atoms with Crippen molar-refractivity contribution < 1.29 is 19.4 Å². The van der Waals surface area contributed by atoms with Crippen molar-refractivity contribution in [3.05, 3.63) is 52.7 Å².